The van der Waals surface area contributed by atoms with Crippen molar-refractivity contribution in [3.8, 4) is 0 Å². The number of alkyl halides is 1. The van der Waals surface area contributed by atoms with Crippen molar-refractivity contribution in [2.45, 2.75) is 19.4 Å². The van der Waals surface area contributed by atoms with Gasteiger partial charge < -0.3 is 9.84 Å². The predicted octanol–water partition coefficient (Wildman–Crippen LogP) is 1.26. The van der Waals surface area contributed by atoms with Gasteiger partial charge >= 0.3 is 5.97 Å². The van der Waals surface area contributed by atoms with Gasteiger partial charge in [0.15, 0.2) is 5.60 Å². The molecule has 0 aromatic carbocycles. The molecule has 0 saturated carbocycles. The first-order valence-electron chi connectivity index (χ1n) is 3.00. The molecule has 0 heterocycles. The molecule has 0 radical (unpaired) electrons. The van der Waals surface area contributed by atoms with Crippen molar-refractivity contribution in [3.05, 3.63) is 0 Å². The highest BCUT2D eigenvalue weighted by molar-refractivity contribution is 9.09. The average molecular weight is 211 g/mol. The second kappa shape index (κ2) is 3.93. The van der Waals surface area contributed by atoms with Gasteiger partial charge in [-0.25, -0.2) is 4.79 Å². The number of ether oxygens (including phenoxy) is 1. The maximum absolute atomic E-state index is 10.5. The van der Waals surface area contributed by atoms with Crippen molar-refractivity contribution >= 4 is 21.9 Å². The van der Waals surface area contributed by atoms with Crippen LogP contribution in [-0.4, -0.2) is 28.6 Å². The Hall–Kier alpha value is -0.0900. The molecule has 0 rings (SSSR count). The van der Waals surface area contributed by atoms with Crippen molar-refractivity contribution < 1.29 is 14.6 Å². The summed E-state index contributed by atoms with van der Waals surface area (Å²) in [7, 11) is 0. The molecule has 0 fully saturated rings. The van der Waals surface area contributed by atoms with Crippen LogP contribution in [-0.2, 0) is 9.53 Å². The summed E-state index contributed by atoms with van der Waals surface area (Å²) in [4.78, 5) is 10.5. The van der Waals surface area contributed by atoms with E-state index in [-0.39, 0.29) is 0 Å². The van der Waals surface area contributed by atoms with Crippen LogP contribution in [0.15, 0.2) is 0 Å². The molecule has 0 aliphatic carbocycles. The van der Waals surface area contributed by atoms with Gasteiger partial charge in [-0.2, -0.15) is 0 Å². The van der Waals surface area contributed by atoms with Crippen LogP contribution in [0.25, 0.3) is 0 Å². The van der Waals surface area contributed by atoms with E-state index in [1.165, 1.54) is 6.92 Å². The van der Waals surface area contributed by atoms with Crippen LogP contribution in [0, 0.1) is 0 Å². The molecule has 3 nitrogen and oxygen atoms in total. The summed E-state index contributed by atoms with van der Waals surface area (Å²) in [6.07, 6.45) is 0. The van der Waals surface area contributed by atoms with E-state index in [1.807, 2.05) is 0 Å². The Bertz CT molecular complexity index is 126. The highest BCUT2D eigenvalue weighted by Gasteiger charge is 2.32. The monoisotopic (exact) mass is 210 g/mol. The molecule has 0 bridgehead atoms. The van der Waals surface area contributed by atoms with Gasteiger partial charge in [-0.3, -0.25) is 0 Å². The number of carboxylic acid groups (broad SMARTS) is 1. The molecule has 0 aromatic heterocycles. The van der Waals surface area contributed by atoms with E-state index < -0.39 is 11.6 Å². The molecule has 0 spiro atoms. The molecule has 0 aliphatic rings. The minimum Gasteiger partial charge on any atom is -0.479 e. The Balaban J connectivity index is 4.08. The number of hydrogen-bond donors (Lipinski definition) is 1. The lowest BCUT2D eigenvalue weighted by atomic mass is 10.1. The molecular weight excluding hydrogens is 200 g/mol. The topological polar surface area (TPSA) is 46.5 Å². The van der Waals surface area contributed by atoms with Crippen LogP contribution in [0.3, 0.4) is 0 Å². The largest absolute Gasteiger partial charge is 0.479 e. The highest BCUT2D eigenvalue weighted by atomic mass is 79.9. The molecule has 1 N–H and O–H groups in total. The average Bonchev–Trinajstić information content (AvgIpc) is 1.88. The first kappa shape index (κ1) is 9.91. The second-order valence-electron chi connectivity index (χ2n) is 2.10. The van der Waals surface area contributed by atoms with Crippen molar-refractivity contribution in [3.63, 3.8) is 0 Å². The number of halogens is 1. The van der Waals surface area contributed by atoms with Crippen molar-refractivity contribution in [2.75, 3.05) is 11.9 Å². The first-order valence-corrected chi connectivity index (χ1v) is 4.12. The highest BCUT2D eigenvalue weighted by Crippen LogP contribution is 2.13. The van der Waals surface area contributed by atoms with Crippen molar-refractivity contribution in [1.29, 1.82) is 0 Å². The van der Waals surface area contributed by atoms with Gasteiger partial charge in [0.1, 0.15) is 0 Å². The second-order valence-corrected chi connectivity index (χ2v) is 2.66. The molecular formula is C6H11BrO3. The maximum atomic E-state index is 10.5. The van der Waals surface area contributed by atoms with Crippen LogP contribution in [0.5, 0.6) is 0 Å². The minimum absolute atomic E-state index is 0.309. The van der Waals surface area contributed by atoms with Crippen LogP contribution in [0.1, 0.15) is 13.8 Å². The van der Waals surface area contributed by atoms with E-state index in [2.05, 4.69) is 15.9 Å². The normalized spacial score (nSPS) is 16.3. The van der Waals surface area contributed by atoms with E-state index >= 15 is 0 Å². The Labute approximate surface area is 68.5 Å². The number of carboxylic acids is 1. The molecule has 60 valence electrons. The van der Waals surface area contributed by atoms with E-state index in [1.54, 1.807) is 6.92 Å². The van der Waals surface area contributed by atoms with Crippen LogP contribution in [0.2, 0.25) is 0 Å². The van der Waals surface area contributed by atoms with Crippen LogP contribution >= 0.6 is 15.9 Å². The standard InChI is InChI=1S/C6H11BrO3/c1-3-10-6(2,4-7)5(8)9/h3-4H2,1-2H3,(H,8,9). The third kappa shape index (κ3) is 2.27. The Morgan fingerprint density at radius 1 is 1.80 bits per heavy atom. The van der Waals surface area contributed by atoms with Gasteiger partial charge in [0.2, 0.25) is 0 Å². The Kier molecular flexibility index (Phi) is 3.89. The van der Waals surface area contributed by atoms with Crippen LogP contribution in [0.4, 0.5) is 0 Å². The van der Waals surface area contributed by atoms with Crippen LogP contribution < -0.4 is 0 Å². The molecule has 0 saturated heterocycles. The number of carbonyl (C=O) groups is 1. The van der Waals surface area contributed by atoms with Gasteiger partial charge in [0, 0.05) is 11.9 Å². The fourth-order valence-electron chi connectivity index (χ4n) is 0.476. The summed E-state index contributed by atoms with van der Waals surface area (Å²) in [6, 6.07) is 0. The smallest absolute Gasteiger partial charge is 0.336 e. The zero-order valence-electron chi connectivity index (χ0n) is 6.06. The lowest BCUT2D eigenvalue weighted by molar-refractivity contribution is -0.159. The zero-order chi connectivity index (χ0) is 8.20. The quantitative estimate of drug-likeness (QED) is 0.712. The molecule has 0 amide bonds. The molecule has 4 heteroatoms. The lowest BCUT2D eigenvalue weighted by Gasteiger charge is -2.21. The molecule has 1 unspecified atom stereocenters. The van der Waals surface area contributed by atoms with Gasteiger partial charge in [-0.1, -0.05) is 15.9 Å². The third-order valence-electron chi connectivity index (χ3n) is 1.17. The summed E-state index contributed by atoms with van der Waals surface area (Å²) < 4.78 is 4.99. The predicted molar refractivity (Wildman–Crippen MR) is 41.5 cm³/mol. The third-order valence-corrected chi connectivity index (χ3v) is 2.24. The van der Waals surface area contributed by atoms with Gasteiger partial charge in [-0.15, -0.1) is 0 Å². The Morgan fingerprint density at radius 3 is 2.40 bits per heavy atom. The fraction of sp³-hybridized carbons (Fsp3) is 0.833. The molecule has 1 atom stereocenters. The van der Waals surface area contributed by atoms with Crippen molar-refractivity contribution in [2.24, 2.45) is 0 Å². The van der Waals surface area contributed by atoms with E-state index in [0.717, 1.165) is 0 Å². The summed E-state index contributed by atoms with van der Waals surface area (Å²) in [6.45, 7) is 3.71. The number of aliphatic carboxylic acids is 1. The fourth-order valence-corrected chi connectivity index (χ4v) is 0.878. The van der Waals surface area contributed by atoms with Gasteiger partial charge in [0.25, 0.3) is 0 Å². The van der Waals surface area contributed by atoms with Crippen molar-refractivity contribution in [1.82, 2.24) is 0 Å². The van der Waals surface area contributed by atoms with Gasteiger partial charge in [-0.05, 0) is 13.8 Å². The summed E-state index contributed by atoms with van der Waals surface area (Å²) >= 11 is 3.07. The lowest BCUT2D eigenvalue weighted by Crippen LogP contribution is -2.40. The number of rotatable bonds is 4. The number of hydrogen-bond acceptors (Lipinski definition) is 2. The first-order chi connectivity index (χ1) is 4.56. The van der Waals surface area contributed by atoms with E-state index in [0.29, 0.717) is 11.9 Å². The van der Waals surface area contributed by atoms with Gasteiger partial charge in [0.05, 0.1) is 0 Å². The summed E-state index contributed by atoms with van der Waals surface area (Å²) in [5, 5.41) is 8.92. The molecule has 0 aromatic rings. The van der Waals surface area contributed by atoms with E-state index in [9.17, 15) is 4.79 Å². The maximum Gasteiger partial charge on any atom is 0.336 e. The zero-order valence-corrected chi connectivity index (χ0v) is 7.64. The van der Waals surface area contributed by atoms with E-state index in [4.69, 9.17) is 9.84 Å². The molecule has 10 heavy (non-hydrogen) atoms. The Morgan fingerprint density at radius 2 is 2.30 bits per heavy atom. The SMILES string of the molecule is CCOC(C)(CBr)C(=O)O. The summed E-state index contributed by atoms with van der Waals surface area (Å²) in [5.41, 5.74) is -1.07. The molecule has 0 aliphatic heterocycles. The summed E-state index contributed by atoms with van der Waals surface area (Å²) in [5.74, 6) is -0.939. The minimum atomic E-state index is -1.07.